The van der Waals surface area contributed by atoms with Crippen LogP contribution in [0.15, 0.2) is 61.1 Å². The summed E-state index contributed by atoms with van der Waals surface area (Å²) in [7, 11) is 0. The van der Waals surface area contributed by atoms with E-state index in [-0.39, 0.29) is 25.3 Å². The first-order chi connectivity index (χ1) is 20.0. The number of nitrogens with one attached hydrogen (secondary N) is 2. The number of aromatic nitrogens is 3. The third-order valence-electron chi connectivity index (χ3n) is 6.86. The predicted octanol–water partition coefficient (Wildman–Crippen LogP) is 4.52. The number of ether oxygens (including phenoxy) is 1. The number of aliphatic hydroxyl groups excluding tert-OH is 1. The first kappa shape index (κ1) is 28.7. The molecule has 11 nitrogen and oxygen atoms in total. The van der Waals surface area contributed by atoms with Gasteiger partial charge in [-0.3, -0.25) is 9.69 Å². The summed E-state index contributed by atoms with van der Waals surface area (Å²) in [5, 5.41) is 25.1. The van der Waals surface area contributed by atoms with Crippen molar-refractivity contribution in [1.29, 1.82) is 0 Å². The number of likely N-dealkylation sites (tertiary alicyclic amines) is 1. The Balaban J connectivity index is 1.27. The summed E-state index contributed by atoms with van der Waals surface area (Å²) in [4.78, 5) is 33.6. The number of hydrogen-bond donors (Lipinski definition) is 4. The van der Waals surface area contributed by atoms with E-state index in [9.17, 15) is 33.0 Å². The van der Waals surface area contributed by atoms with E-state index in [1.807, 2.05) is 4.57 Å². The molecule has 4 N–H and O–H groups in total. The Hall–Kier alpha value is -4.85. The smallest absolute Gasteiger partial charge is 0.416 e. The zero-order valence-corrected chi connectivity index (χ0v) is 22.3. The van der Waals surface area contributed by atoms with Crippen LogP contribution in [-0.4, -0.2) is 66.9 Å². The number of nitrogens with zero attached hydrogens (tertiary/aromatic N) is 4. The van der Waals surface area contributed by atoms with Gasteiger partial charge in [0.25, 0.3) is 0 Å². The molecule has 14 heteroatoms. The average Bonchev–Trinajstić information content (AvgIpc) is 3.54. The highest BCUT2D eigenvalue weighted by atomic mass is 19.4. The Morgan fingerprint density at radius 2 is 1.95 bits per heavy atom. The Labute approximate surface area is 237 Å². The second kappa shape index (κ2) is 11.6. The number of amides is 2. The van der Waals surface area contributed by atoms with Crippen LogP contribution in [0.25, 0.3) is 11.0 Å². The lowest BCUT2D eigenvalue weighted by atomic mass is 10.2. The Kier molecular flexibility index (Phi) is 7.89. The quantitative estimate of drug-likeness (QED) is 0.237. The van der Waals surface area contributed by atoms with E-state index in [2.05, 4.69) is 20.6 Å². The molecular weight excluding hydrogens is 557 g/mol. The maximum Gasteiger partial charge on any atom is 0.416 e. The topological polar surface area (TPSA) is 142 Å². The van der Waals surface area contributed by atoms with Gasteiger partial charge in [-0.05, 0) is 55.0 Å². The first-order valence-corrected chi connectivity index (χ1v) is 13.0. The van der Waals surface area contributed by atoms with Gasteiger partial charge in [-0.15, -0.1) is 0 Å². The van der Waals surface area contributed by atoms with Crippen LogP contribution in [0.2, 0.25) is 0 Å². The van der Waals surface area contributed by atoms with Crippen molar-refractivity contribution in [1.82, 2.24) is 24.8 Å². The van der Waals surface area contributed by atoms with E-state index < -0.39 is 35.9 Å². The number of alkyl halides is 3. The number of hydrogen-bond acceptors (Lipinski definition) is 7. The summed E-state index contributed by atoms with van der Waals surface area (Å²) >= 11 is 0. The molecule has 0 aliphatic carbocycles. The van der Waals surface area contributed by atoms with Crippen LogP contribution >= 0.6 is 0 Å². The van der Waals surface area contributed by atoms with Crippen molar-refractivity contribution in [3.8, 4) is 11.5 Å². The van der Waals surface area contributed by atoms with Gasteiger partial charge < -0.3 is 30.2 Å². The number of anilines is 2. The van der Waals surface area contributed by atoms with Crippen molar-refractivity contribution in [2.45, 2.75) is 38.2 Å². The molecule has 4 aromatic rings. The van der Waals surface area contributed by atoms with Crippen molar-refractivity contribution in [2.24, 2.45) is 0 Å². The number of halogens is 3. The van der Waals surface area contributed by atoms with Crippen molar-refractivity contribution in [3.63, 3.8) is 0 Å². The number of rotatable bonds is 8. The molecule has 220 valence electrons. The minimum Gasteiger partial charge on any atom is -0.465 e. The molecule has 0 bridgehead atoms. The molecule has 1 aliphatic rings. The fourth-order valence-electron chi connectivity index (χ4n) is 4.84. The minimum absolute atomic E-state index is 0.0374. The number of carbonyl (C=O) groups is 2. The zero-order valence-electron chi connectivity index (χ0n) is 22.3. The largest absolute Gasteiger partial charge is 0.465 e. The molecular formula is C28H27F3N6O5. The number of aliphatic hydroxyl groups is 1. The molecule has 0 spiro atoms. The minimum atomic E-state index is -4.48. The van der Waals surface area contributed by atoms with Gasteiger partial charge >= 0.3 is 12.3 Å². The third-order valence-corrected chi connectivity index (χ3v) is 6.86. The molecule has 1 saturated heterocycles. The maximum atomic E-state index is 13.1. The van der Waals surface area contributed by atoms with Crippen molar-refractivity contribution >= 4 is 34.5 Å². The summed E-state index contributed by atoms with van der Waals surface area (Å²) in [5.41, 5.74) is 1.84. The predicted molar refractivity (Wildman–Crippen MR) is 146 cm³/mol. The lowest BCUT2D eigenvalue weighted by Crippen LogP contribution is -2.46. The molecule has 0 radical (unpaired) electrons. The second-order valence-corrected chi connectivity index (χ2v) is 9.83. The van der Waals surface area contributed by atoms with Gasteiger partial charge in [0.1, 0.15) is 29.4 Å². The third kappa shape index (κ3) is 6.22. The molecule has 1 fully saturated rings. The van der Waals surface area contributed by atoms with Gasteiger partial charge in [0, 0.05) is 31.4 Å². The fraction of sp³-hybridized carbons (Fsp3) is 0.286. The number of carboxylic acid groups (broad SMARTS) is 1. The molecule has 2 aromatic heterocycles. The maximum absolute atomic E-state index is 13.1. The van der Waals surface area contributed by atoms with Crippen LogP contribution in [0.3, 0.4) is 0 Å². The summed E-state index contributed by atoms with van der Waals surface area (Å²) in [6.45, 7) is 2.18. The Morgan fingerprint density at radius 1 is 1.14 bits per heavy atom. The monoisotopic (exact) mass is 584 g/mol. The number of aryl methyl sites for hydroxylation is 1. The first-order valence-electron chi connectivity index (χ1n) is 13.0. The van der Waals surface area contributed by atoms with E-state index in [1.54, 1.807) is 37.4 Å². The second-order valence-electron chi connectivity index (χ2n) is 9.83. The number of β-amino-alcohol motifs (C(OH)–C–C–N with tert-alkyl or cyclic N) is 1. The highest BCUT2D eigenvalue weighted by Gasteiger charge is 2.38. The number of carbonyl (C=O) groups excluding carboxylic acids is 1. The lowest BCUT2D eigenvalue weighted by Gasteiger charge is -2.20. The molecule has 0 unspecified atom stereocenters. The van der Waals surface area contributed by atoms with Crippen LogP contribution < -0.4 is 15.4 Å². The molecule has 3 heterocycles. The van der Waals surface area contributed by atoms with Crippen LogP contribution in [0.1, 0.15) is 17.5 Å². The summed E-state index contributed by atoms with van der Waals surface area (Å²) in [6.07, 6.45) is -3.40. The zero-order chi connectivity index (χ0) is 30.0. The van der Waals surface area contributed by atoms with Gasteiger partial charge in [-0.25, -0.2) is 14.8 Å². The summed E-state index contributed by atoms with van der Waals surface area (Å²) in [6, 6.07) is 10.6. The Morgan fingerprint density at radius 3 is 2.69 bits per heavy atom. The molecule has 2 aromatic carbocycles. The van der Waals surface area contributed by atoms with Gasteiger partial charge in [0.05, 0.1) is 23.7 Å². The fourth-order valence-corrected chi connectivity index (χ4v) is 4.84. The SMILES string of the molecule is Cc1cc(Nc2ncnc3ccn(CCNC(=O)[C@@H]4C[C@@H](O)CN4C(=O)O)c23)ccc1Oc1cccc(C(F)(F)F)c1. The molecule has 42 heavy (non-hydrogen) atoms. The van der Waals surface area contributed by atoms with E-state index >= 15 is 0 Å². The van der Waals surface area contributed by atoms with E-state index in [4.69, 9.17) is 4.74 Å². The van der Waals surface area contributed by atoms with Crippen molar-refractivity contribution in [2.75, 3.05) is 18.4 Å². The Bertz CT molecular complexity index is 1630. The number of fused-ring (bicyclic) bond motifs is 1. The molecule has 1 aliphatic heterocycles. The van der Waals surface area contributed by atoms with Gasteiger partial charge in [0.15, 0.2) is 5.82 Å². The van der Waals surface area contributed by atoms with E-state index in [0.717, 1.165) is 17.0 Å². The van der Waals surface area contributed by atoms with Crippen molar-refractivity contribution < 1.29 is 37.7 Å². The summed E-state index contributed by atoms with van der Waals surface area (Å²) < 4.78 is 46.7. The number of benzene rings is 2. The summed E-state index contributed by atoms with van der Waals surface area (Å²) in [5.74, 6) is 0.458. The van der Waals surface area contributed by atoms with E-state index in [0.29, 0.717) is 40.4 Å². The van der Waals surface area contributed by atoms with E-state index in [1.165, 1.54) is 18.5 Å². The highest BCUT2D eigenvalue weighted by molar-refractivity contribution is 5.88. The van der Waals surface area contributed by atoms with Crippen molar-refractivity contribution in [3.05, 3.63) is 72.2 Å². The van der Waals surface area contributed by atoms with Gasteiger partial charge in [-0.1, -0.05) is 6.07 Å². The van der Waals surface area contributed by atoms with Crippen LogP contribution in [0.5, 0.6) is 11.5 Å². The standard InChI is InChI=1S/C28H27F3N6O5/c1-16-11-18(5-6-23(16)42-20-4-2-3-17(12-20)28(29,30)31)35-25-24-21(33-15-34-25)7-9-36(24)10-8-32-26(39)22-13-19(38)14-37(22)27(40)41/h2-7,9,11-12,15,19,22,38H,8,10,13-14H2,1H3,(H,32,39)(H,40,41)(H,33,34,35)/t19-,22+/m1/s1. The average molecular weight is 585 g/mol. The van der Waals surface area contributed by atoms with Crippen LogP contribution in [0, 0.1) is 6.92 Å². The molecule has 2 atom stereocenters. The lowest BCUT2D eigenvalue weighted by molar-refractivity contribution is -0.137. The molecule has 5 rings (SSSR count). The van der Waals surface area contributed by atoms with Crippen LogP contribution in [-0.2, 0) is 17.5 Å². The molecule has 2 amide bonds. The van der Waals surface area contributed by atoms with Gasteiger partial charge in [-0.2, -0.15) is 13.2 Å². The van der Waals surface area contributed by atoms with Gasteiger partial charge in [0.2, 0.25) is 5.91 Å². The normalized spacial score (nSPS) is 16.9. The molecule has 0 saturated carbocycles. The highest BCUT2D eigenvalue weighted by Crippen LogP contribution is 2.34. The van der Waals surface area contributed by atoms with Crippen LogP contribution in [0.4, 0.5) is 29.5 Å².